The summed E-state index contributed by atoms with van der Waals surface area (Å²) in [7, 11) is 0.512. The molecule has 108 valence electrons. The Hall–Kier alpha value is 0.357. The molecule has 0 aromatic rings. The van der Waals surface area contributed by atoms with Crippen LogP contribution in [0.2, 0.25) is 19.6 Å². The van der Waals surface area contributed by atoms with E-state index in [-0.39, 0.29) is 6.10 Å². The second-order valence-corrected chi connectivity index (χ2v) is 12.0. The molecule has 0 rings (SSSR count). The van der Waals surface area contributed by atoms with E-state index in [2.05, 4.69) is 73.8 Å². The van der Waals surface area contributed by atoms with Crippen LogP contribution in [0.4, 0.5) is 0 Å². The van der Waals surface area contributed by atoms with Gasteiger partial charge < -0.3 is 9.74 Å². The molecule has 0 aromatic carbocycles. The molecule has 0 heterocycles. The average Bonchev–Trinajstić information content (AvgIpc) is 2.23. The molecule has 0 aliphatic heterocycles. The van der Waals surface area contributed by atoms with Gasteiger partial charge in [0.05, 0.1) is 6.10 Å². The lowest BCUT2D eigenvalue weighted by atomic mass is 9.95. The summed E-state index contributed by atoms with van der Waals surface area (Å²) in [4.78, 5) is 0.447. The number of hydrogen-bond acceptors (Lipinski definition) is 2. The normalized spacial score (nSPS) is 19.8. The predicted molar refractivity (Wildman–Crippen MR) is 88.1 cm³/mol. The second-order valence-electron chi connectivity index (χ2n) is 6.09. The molecule has 0 saturated heterocycles. The smallest absolute Gasteiger partial charge is 0.184 e. The highest BCUT2D eigenvalue weighted by molar-refractivity contribution is 9.09. The van der Waals surface area contributed by atoms with Crippen molar-refractivity contribution in [1.29, 1.82) is 0 Å². The van der Waals surface area contributed by atoms with E-state index in [1.54, 1.807) is 0 Å². The van der Waals surface area contributed by atoms with Crippen molar-refractivity contribution in [1.82, 2.24) is 5.32 Å². The molecule has 0 spiro atoms. The quantitative estimate of drug-likeness (QED) is 0.408. The van der Waals surface area contributed by atoms with Crippen LogP contribution in [-0.2, 0) is 4.43 Å². The van der Waals surface area contributed by atoms with Crippen molar-refractivity contribution in [2.24, 2.45) is 5.92 Å². The molecular weight excluding hydrogens is 306 g/mol. The van der Waals surface area contributed by atoms with Crippen LogP contribution in [0, 0.1) is 5.92 Å². The van der Waals surface area contributed by atoms with Crippen LogP contribution in [0.3, 0.4) is 0 Å². The molecule has 0 saturated carbocycles. The lowest BCUT2D eigenvalue weighted by Gasteiger charge is -2.34. The molecule has 0 aromatic heterocycles. The first-order chi connectivity index (χ1) is 8.17. The first kappa shape index (κ1) is 18.4. The first-order valence-corrected chi connectivity index (χ1v) is 11.2. The molecule has 0 amide bonds. The van der Waals surface area contributed by atoms with Gasteiger partial charge in [-0.2, -0.15) is 0 Å². The Morgan fingerprint density at radius 1 is 1.22 bits per heavy atom. The van der Waals surface area contributed by atoms with E-state index >= 15 is 0 Å². The highest BCUT2D eigenvalue weighted by atomic mass is 79.9. The van der Waals surface area contributed by atoms with E-state index in [1.165, 1.54) is 0 Å². The first-order valence-electron chi connectivity index (χ1n) is 6.83. The van der Waals surface area contributed by atoms with Crippen molar-refractivity contribution in [3.8, 4) is 0 Å². The minimum absolute atomic E-state index is 0.289. The highest BCUT2D eigenvalue weighted by Gasteiger charge is 2.28. The molecule has 0 aliphatic carbocycles. The number of rotatable bonds is 8. The van der Waals surface area contributed by atoms with Crippen LogP contribution >= 0.6 is 15.9 Å². The van der Waals surface area contributed by atoms with Gasteiger partial charge in [0.25, 0.3) is 0 Å². The zero-order valence-electron chi connectivity index (χ0n) is 13.0. The number of likely N-dealkylation sites (N-methyl/N-ethyl adjacent to an activating group) is 1. The maximum atomic E-state index is 6.34. The van der Waals surface area contributed by atoms with E-state index in [9.17, 15) is 0 Å². The number of halogens is 1. The number of nitrogens with one attached hydrogen (secondary N) is 1. The van der Waals surface area contributed by atoms with Gasteiger partial charge in [-0.1, -0.05) is 35.0 Å². The van der Waals surface area contributed by atoms with Crippen LogP contribution < -0.4 is 5.32 Å². The van der Waals surface area contributed by atoms with Crippen molar-refractivity contribution < 1.29 is 4.43 Å². The zero-order chi connectivity index (χ0) is 14.3. The van der Waals surface area contributed by atoms with Crippen LogP contribution in [0.15, 0.2) is 12.2 Å². The van der Waals surface area contributed by atoms with Gasteiger partial charge in [0.1, 0.15) is 0 Å². The van der Waals surface area contributed by atoms with Crippen LogP contribution in [0.1, 0.15) is 27.2 Å². The van der Waals surface area contributed by atoms with E-state index in [4.69, 9.17) is 4.43 Å². The Balaban J connectivity index is 4.55. The van der Waals surface area contributed by atoms with Gasteiger partial charge in [0.2, 0.25) is 0 Å². The van der Waals surface area contributed by atoms with E-state index in [1.807, 2.05) is 7.05 Å². The zero-order valence-corrected chi connectivity index (χ0v) is 15.5. The molecule has 1 N–H and O–H groups in total. The molecule has 4 heteroatoms. The molecule has 0 aliphatic rings. The van der Waals surface area contributed by atoms with Crippen molar-refractivity contribution >= 4 is 24.2 Å². The van der Waals surface area contributed by atoms with Gasteiger partial charge in [-0.15, -0.1) is 0 Å². The summed E-state index contributed by atoms with van der Waals surface area (Å²) in [6.45, 7) is 13.4. The summed E-state index contributed by atoms with van der Waals surface area (Å²) in [5.41, 5.74) is 0. The van der Waals surface area contributed by atoms with Gasteiger partial charge in [0, 0.05) is 10.9 Å². The van der Waals surface area contributed by atoms with Crippen LogP contribution in [0.5, 0.6) is 0 Å². The Bertz CT molecular complexity index is 251. The average molecular weight is 336 g/mol. The number of alkyl halides is 1. The fraction of sp³-hybridized carbons (Fsp3) is 0.857. The maximum Gasteiger partial charge on any atom is 0.184 e. The topological polar surface area (TPSA) is 21.3 Å². The summed E-state index contributed by atoms with van der Waals surface area (Å²) >= 11 is 3.53. The second kappa shape index (κ2) is 8.51. The summed E-state index contributed by atoms with van der Waals surface area (Å²) in [6.07, 6.45) is 5.81. The molecule has 0 radical (unpaired) electrons. The van der Waals surface area contributed by atoms with Crippen LogP contribution in [-0.4, -0.2) is 32.3 Å². The monoisotopic (exact) mass is 335 g/mol. The third-order valence-electron chi connectivity index (χ3n) is 2.91. The Labute approximate surface area is 123 Å². The summed E-state index contributed by atoms with van der Waals surface area (Å²) in [6, 6.07) is 0.390. The molecule has 2 nitrogen and oxygen atoms in total. The van der Waals surface area contributed by atoms with Crippen LogP contribution in [0.25, 0.3) is 0 Å². The lowest BCUT2D eigenvalue weighted by Crippen LogP contribution is -2.46. The Kier molecular flexibility index (Phi) is 8.68. The summed E-state index contributed by atoms with van der Waals surface area (Å²) < 4.78 is 6.34. The standard InChI is InChI=1S/C14H30BrNOSi/c1-11(9-8-10-12(2)15)14(13(3)16-4)17-18(5,6)7/h8,10-14,16H,9H2,1-7H3/t11-,12?,13+,14-/m1/s1. The van der Waals surface area contributed by atoms with Crippen molar-refractivity contribution in [3.63, 3.8) is 0 Å². The molecule has 0 bridgehead atoms. The van der Waals surface area contributed by atoms with E-state index < -0.39 is 8.32 Å². The number of allylic oxidation sites excluding steroid dienone is 2. The van der Waals surface area contributed by atoms with E-state index in [0.717, 1.165) is 6.42 Å². The Morgan fingerprint density at radius 2 is 1.78 bits per heavy atom. The molecule has 18 heavy (non-hydrogen) atoms. The van der Waals surface area contributed by atoms with E-state index in [0.29, 0.717) is 16.8 Å². The predicted octanol–water partition coefficient (Wildman–Crippen LogP) is 4.18. The van der Waals surface area contributed by atoms with Crippen molar-refractivity contribution in [2.45, 2.75) is 63.8 Å². The highest BCUT2D eigenvalue weighted by Crippen LogP contribution is 2.21. The van der Waals surface area contributed by atoms with Crippen molar-refractivity contribution in [3.05, 3.63) is 12.2 Å². The Morgan fingerprint density at radius 3 is 2.17 bits per heavy atom. The molecule has 1 unspecified atom stereocenters. The van der Waals surface area contributed by atoms with Crippen molar-refractivity contribution in [2.75, 3.05) is 7.05 Å². The van der Waals surface area contributed by atoms with Gasteiger partial charge in [-0.05, 0) is 52.9 Å². The molecule has 4 atom stereocenters. The SMILES string of the molecule is CN[C@@H](C)[C@H](O[Si](C)(C)C)[C@H](C)CC=CC(C)Br. The lowest BCUT2D eigenvalue weighted by molar-refractivity contribution is 0.103. The maximum absolute atomic E-state index is 6.34. The summed E-state index contributed by atoms with van der Waals surface area (Å²) in [5.74, 6) is 0.529. The minimum Gasteiger partial charge on any atom is -0.413 e. The fourth-order valence-corrected chi connectivity index (χ4v) is 3.37. The number of hydrogen-bond donors (Lipinski definition) is 1. The van der Waals surface area contributed by atoms with Gasteiger partial charge in [-0.25, -0.2) is 0 Å². The molecular formula is C14H30BrNOSi. The van der Waals surface area contributed by atoms with Gasteiger partial charge in [-0.3, -0.25) is 0 Å². The van der Waals surface area contributed by atoms with Gasteiger partial charge >= 0.3 is 0 Å². The fourth-order valence-electron chi connectivity index (χ4n) is 1.90. The third-order valence-corrected chi connectivity index (χ3v) is 4.19. The largest absolute Gasteiger partial charge is 0.413 e. The molecule has 0 fully saturated rings. The third kappa shape index (κ3) is 8.46. The van der Waals surface area contributed by atoms with Gasteiger partial charge in [0.15, 0.2) is 8.32 Å². The summed E-state index contributed by atoms with van der Waals surface area (Å²) in [5, 5.41) is 3.33. The minimum atomic E-state index is -1.50.